The number of piperidine rings is 1. The minimum Gasteiger partial charge on any atom is -0.348 e. The van der Waals surface area contributed by atoms with E-state index < -0.39 is 0 Å². The molecule has 0 unspecified atom stereocenters. The van der Waals surface area contributed by atoms with Crippen molar-refractivity contribution in [1.29, 1.82) is 0 Å². The van der Waals surface area contributed by atoms with Crippen molar-refractivity contribution in [1.82, 2.24) is 10.2 Å². The first-order valence-electron chi connectivity index (χ1n) is 10.1. The van der Waals surface area contributed by atoms with E-state index in [1.807, 2.05) is 47.9 Å². The summed E-state index contributed by atoms with van der Waals surface area (Å²) in [5.41, 5.74) is 2.03. The molecule has 0 saturated carbocycles. The molecule has 3 N–H and O–H groups in total. The van der Waals surface area contributed by atoms with Crippen LogP contribution in [-0.4, -0.2) is 52.5 Å². The van der Waals surface area contributed by atoms with Gasteiger partial charge in [0, 0.05) is 37.5 Å². The number of hydrogen-bond acceptors (Lipinski definition) is 3. The van der Waals surface area contributed by atoms with Crippen LogP contribution in [0.15, 0.2) is 24.3 Å². The van der Waals surface area contributed by atoms with Crippen LogP contribution in [-0.2, 0) is 11.2 Å². The lowest BCUT2D eigenvalue weighted by atomic mass is 10.0. The quantitative estimate of drug-likeness (QED) is 0.805. The SMILES string of the molecule is CCc1ccc(C(=O)N2CCC3(CC2)[NH2+][C@@H](C(=O)N[C@H](C)CC)CS3)cc1. The summed E-state index contributed by atoms with van der Waals surface area (Å²) in [4.78, 5) is 27.2. The van der Waals surface area contributed by atoms with Crippen LogP contribution in [0, 0.1) is 0 Å². The Kier molecular flexibility index (Phi) is 6.48. The number of thioether (sulfide) groups is 1. The Hall–Kier alpha value is -1.53. The van der Waals surface area contributed by atoms with Gasteiger partial charge in [0.2, 0.25) is 0 Å². The van der Waals surface area contributed by atoms with Gasteiger partial charge < -0.3 is 15.5 Å². The lowest BCUT2D eigenvalue weighted by Gasteiger charge is -2.36. The molecule has 2 heterocycles. The molecule has 0 bridgehead atoms. The molecular formula is C21H32N3O2S+. The van der Waals surface area contributed by atoms with Crippen LogP contribution in [0.5, 0.6) is 0 Å². The van der Waals surface area contributed by atoms with Crippen LogP contribution in [0.4, 0.5) is 0 Å². The van der Waals surface area contributed by atoms with Crippen molar-refractivity contribution >= 4 is 23.6 Å². The van der Waals surface area contributed by atoms with Gasteiger partial charge in [-0.1, -0.05) is 37.7 Å². The van der Waals surface area contributed by atoms with Crippen molar-refractivity contribution in [3.63, 3.8) is 0 Å². The molecule has 2 saturated heterocycles. The summed E-state index contributed by atoms with van der Waals surface area (Å²) in [7, 11) is 0. The first kappa shape index (κ1) is 20.2. The van der Waals surface area contributed by atoms with Crippen molar-refractivity contribution in [3.8, 4) is 0 Å². The van der Waals surface area contributed by atoms with E-state index in [1.54, 1.807) is 0 Å². The van der Waals surface area contributed by atoms with Gasteiger partial charge in [-0.2, -0.15) is 0 Å². The molecular weight excluding hydrogens is 358 g/mol. The number of nitrogens with two attached hydrogens (primary N) is 1. The second-order valence-corrected chi connectivity index (χ2v) is 9.24. The van der Waals surface area contributed by atoms with Crippen LogP contribution < -0.4 is 10.6 Å². The highest BCUT2D eigenvalue weighted by Gasteiger charge is 2.48. The maximum absolute atomic E-state index is 12.8. The fourth-order valence-electron chi connectivity index (χ4n) is 3.79. The third kappa shape index (κ3) is 4.66. The number of carbonyl (C=O) groups is 2. The summed E-state index contributed by atoms with van der Waals surface area (Å²) < 4.78 is 0. The maximum atomic E-state index is 12.8. The van der Waals surface area contributed by atoms with Crippen LogP contribution in [0.1, 0.15) is 56.0 Å². The summed E-state index contributed by atoms with van der Waals surface area (Å²) in [6, 6.07) is 8.19. The molecule has 2 aliphatic rings. The number of quaternary nitrogens is 1. The minimum atomic E-state index is -0.00663. The van der Waals surface area contributed by atoms with Gasteiger partial charge >= 0.3 is 0 Å². The van der Waals surface area contributed by atoms with E-state index in [-0.39, 0.29) is 28.8 Å². The Morgan fingerprint density at radius 3 is 2.52 bits per heavy atom. The number of carbonyl (C=O) groups excluding carboxylic acids is 2. The van der Waals surface area contributed by atoms with Gasteiger partial charge in [-0.15, -0.1) is 0 Å². The van der Waals surface area contributed by atoms with Crippen LogP contribution >= 0.6 is 11.8 Å². The van der Waals surface area contributed by atoms with Gasteiger partial charge in [0.05, 0.1) is 5.75 Å². The molecule has 2 amide bonds. The summed E-state index contributed by atoms with van der Waals surface area (Å²) in [6.45, 7) is 7.78. The van der Waals surface area contributed by atoms with Crippen LogP contribution in [0.25, 0.3) is 0 Å². The Morgan fingerprint density at radius 1 is 1.26 bits per heavy atom. The highest BCUT2D eigenvalue weighted by molar-refractivity contribution is 8.00. The Morgan fingerprint density at radius 2 is 1.93 bits per heavy atom. The third-order valence-electron chi connectivity index (χ3n) is 5.90. The van der Waals surface area contributed by atoms with E-state index in [0.29, 0.717) is 0 Å². The molecule has 6 heteroatoms. The van der Waals surface area contributed by atoms with E-state index in [1.165, 1.54) is 5.56 Å². The topological polar surface area (TPSA) is 66.0 Å². The lowest BCUT2D eigenvalue weighted by molar-refractivity contribution is -0.714. The number of nitrogens with one attached hydrogen (secondary N) is 1. The van der Waals surface area contributed by atoms with Gasteiger partial charge in [0.25, 0.3) is 11.8 Å². The van der Waals surface area contributed by atoms with Gasteiger partial charge in [0.15, 0.2) is 6.04 Å². The second kappa shape index (κ2) is 8.65. The van der Waals surface area contributed by atoms with E-state index in [4.69, 9.17) is 0 Å². The number of nitrogens with zero attached hydrogens (tertiary/aromatic N) is 1. The largest absolute Gasteiger partial charge is 0.348 e. The molecule has 0 radical (unpaired) electrons. The predicted molar refractivity (Wildman–Crippen MR) is 110 cm³/mol. The Bertz CT molecular complexity index is 669. The Labute approximate surface area is 166 Å². The number of aryl methyl sites for hydroxylation is 1. The van der Waals surface area contributed by atoms with Crippen molar-refractivity contribution in [3.05, 3.63) is 35.4 Å². The molecule has 2 aliphatic heterocycles. The smallest absolute Gasteiger partial charge is 0.279 e. The van der Waals surface area contributed by atoms with Crippen molar-refractivity contribution in [2.24, 2.45) is 0 Å². The molecule has 1 spiro atoms. The van der Waals surface area contributed by atoms with Crippen LogP contribution in [0.2, 0.25) is 0 Å². The molecule has 5 nitrogen and oxygen atoms in total. The number of amides is 2. The number of hydrogen-bond donors (Lipinski definition) is 2. The van der Waals surface area contributed by atoms with Gasteiger partial charge in [-0.25, -0.2) is 0 Å². The standard InChI is InChI=1S/C21H31N3O2S/c1-4-15(3)22-19(25)18-14-27-21(23-18)10-12-24(13-11-21)20(26)17-8-6-16(5-2)7-9-17/h6-9,15,18,23H,4-5,10-14H2,1-3H3,(H,22,25)/p+1/t15-,18-/m1/s1. The molecule has 2 atom stereocenters. The first-order valence-corrected chi connectivity index (χ1v) is 11.1. The molecule has 27 heavy (non-hydrogen) atoms. The maximum Gasteiger partial charge on any atom is 0.279 e. The molecule has 1 aromatic carbocycles. The zero-order valence-corrected chi connectivity index (χ0v) is 17.5. The molecule has 0 aliphatic carbocycles. The zero-order chi connectivity index (χ0) is 19.4. The Balaban J connectivity index is 1.54. The van der Waals surface area contributed by atoms with E-state index >= 15 is 0 Å². The van der Waals surface area contributed by atoms with Gasteiger partial charge in [-0.05, 0) is 37.5 Å². The van der Waals surface area contributed by atoms with Crippen LogP contribution in [0.3, 0.4) is 0 Å². The summed E-state index contributed by atoms with van der Waals surface area (Å²) >= 11 is 1.90. The highest BCUT2D eigenvalue weighted by Crippen LogP contribution is 2.34. The number of rotatable bonds is 5. The predicted octanol–water partition coefficient (Wildman–Crippen LogP) is 1.77. The summed E-state index contributed by atoms with van der Waals surface area (Å²) in [5, 5.41) is 5.36. The molecule has 0 aromatic heterocycles. The van der Waals surface area contributed by atoms with Crippen molar-refractivity contribution in [2.75, 3.05) is 18.8 Å². The normalized spacial score (nSPS) is 22.6. The van der Waals surface area contributed by atoms with E-state index in [0.717, 1.165) is 50.1 Å². The average molecular weight is 391 g/mol. The highest BCUT2D eigenvalue weighted by atomic mass is 32.2. The summed E-state index contributed by atoms with van der Waals surface area (Å²) in [5.74, 6) is 1.14. The number of benzene rings is 1. The van der Waals surface area contributed by atoms with E-state index in [2.05, 4.69) is 24.5 Å². The second-order valence-electron chi connectivity index (χ2n) is 7.81. The fraction of sp³-hybridized carbons (Fsp3) is 0.619. The monoisotopic (exact) mass is 390 g/mol. The fourth-order valence-corrected chi connectivity index (χ4v) is 5.28. The lowest BCUT2D eigenvalue weighted by Crippen LogP contribution is -3.00. The molecule has 1 aromatic rings. The van der Waals surface area contributed by atoms with Gasteiger partial charge in [0.1, 0.15) is 4.87 Å². The van der Waals surface area contributed by atoms with Crippen molar-refractivity contribution in [2.45, 2.75) is 63.4 Å². The summed E-state index contributed by atoms with van der Waals surface area (Å²) in [6.07, 6.45) is 3.81. The van der Waals surface area contributed by atoms with Gasteiger partial charge in [-0.3, -0.25) is 9.59 Å². The minimum absolute atomic E-state index is 0.00663. The molecule has 148 valence electrons. The molecule has 2 fully saturated rings. The third-order valence-corrected chi connectivity index (χ3v) is 7.54. The first-order chi connectivity index (χ1) is 13.0. The molecule has 3 rings (SSSR count). The number of likely N-dealkylation sites (tertiary alicyclic amines) is 1. The van der Waals surface area contributed by atoms with Crippen molar-refractivity contribution < 1.29 is 14.9 Å². The average Bonchev–Trinajstić information content (AvgIpc) is 3.11. The zero-order valence-electron chi connectivity index (χ0n) is 16.7. The van der Waals surface area contributed by atoms with E-state index in [9.17, 15) is 9.59 Å².